The number of carbonyl (C=O) groups excluding carboxylic acids is 2. The summed E-state index contributed by atoms with van der Waals surface area (Å²) in [7, 11) is -1.75. The van der Waals surface area contributed by atoms with E-state index in [1.54, 1.807) is 36.9 Å². The molecule has 0 aliphatic heterocycles. The number of sulfone groups is 1. The fourth-order valence-electron chi connectivity index (χ4n) is 2.38. The molecular weight excluding hydrogens is 356 g/mol. The van der Waals surface area contributed by atoms with Gasteiger partial charge in [0.05, 0.1) is 34.3 Å². The lowest BCUT2D eigenvalue weighted by molar-refractivity contribution is -0.123. The predicted octanol–water partition coefficient (Wildman–Crippen LogP) is 0.956. The first-order chi connectivity index (χ1) is 12.2. The van der Waals surface area contributed by atoms with E-state index >= 15 is 0 Å². The summed E-state index contributed by atoms with van der Waals surface area (Å²) in [6, 6.07) is 7.94. The van der Waals surface area contributed by atoms with Crippen LogP contribution in [0.1, 0.15) is 17.8 Å². The standard InChI is InChI=1S/C17H22N4O4S/c1-12-17(13(2)21(3)20-12)19-16(23)11-18-15(22)9-10-26(24,25)14-7-5-4-6-8-14/h4-8H,9-11H2,1-3H3,(H,18,22)(H,19,23). The van der Waals surface area contributed by atoms with Crippen molar-refractivity contribution in [1.29, 1.82) is 0 Å². The zero-order valence-corrected chi connectivity index (χ0v) is 15.8. The van der Waals surface area contributed by atoms with Gasteiger partial charge in [0.1, 0.15) is 0 Å². The smallest absolute Gasteiger partial charge is 0.243 e. The van der Waals surface area contributed by atoms with Crippen molar-refractivity contribution in [3.8, 4) is 0 Å². The van der Waals surface area contributed by atoms with Gasteiger partial charge in [0.15, 0.2) is 9.84 Å². The van der Waals surface area contributed by atoms with E-state index in [0.717, 1.165) is 5.69 Å². The minimum atomic E-state index is -3.52. The highest BCUT2D eigenvalue weighted by molar-refractivity contribution is 7.91. The largest absolute Gasteiger partial charge is 0.347 e. The van der Waals surface area contributed by atoms with Crippen molar-refractivity contribution < 1.29 is 18.0 Å². The third-order valence-corrected chi connectivity index (χ3v) is 5.65. The molecule has 0 unspecified atom stereocenters. The van der Waals surface area contributed by atoms with E-state index in [1.807, 2.05) is 6.92 Å². The molecule has 0 radical (unpaired) electrons. The summed E-state index contributed by atoms with van der Waals surface area (Å²) in [5.74, 6) is -1.21. The summed E-state index contributed by atoms with van der Waals surface area (Å²) in [5, 5.41) is 9.32. The number of aromatic nitrogens is 2. The minimum Gasteiger partial charge on any atom is -0.347 e. The van der Waals surface area contributed by atoms with Crippen LogP contribution in [0.2, 0.25) is 0 Å². The first kappa shape index (κ1) is 19.6. The number of carbonyl (C=O) groups is 2. The van der Waals surface area contributed by atoms with Gasteiger partial charge in [-0.05, 0) is 26.0 Å². The van der Waals surface area contributed by atoms with Gasteiger partial charge in [-0.15, -0.1) is 0 Å². The predicted molar refractivity (Wildman–Crippen MR) is 97.4 cm³/mol. The van der Waals surface area contributed by atoms with E-state index < -0.39 is 21.7 Å². The summed E-state index contributed by atoms with van der Waals surface area (Å²) in [6.07, 6.45) is -0.213. The number of nitrogens with zero attached hydrogens (tertiary/aromatic N) is 2. The SMILES string of the molecule is Cc1nn(C)c(C)c1NC(=O)CNC(=O)CCS(=O)(=O)c1ccccc1. The molecule has 0 aliphatic rings. The van der Waals surface area contributed by atoms with Gasteiger partial charge in [-0.3, -0.25) is 14.3 Å². The van der Waals surface area contributed by atoms with Crippen molar-refractivity contribution in [1.82, 2.24) is 15.1 Å². The second-order valence-electron chi connectivity index (χ2n) is 5.88. The van der Waals surface area contributed by atoms with Crippen LogP contribution >= 0.6 is 0 Å². The second-order valence-corrected chi connectivity index (χ2v) is 7.99. The van der Waals surface area contributed by atoms with Crippen LogP contribution in [0, 0.1) is 13.8 Å². The molecule has 0 fully saturated rings. The Bertz CT molecular complexity index is 904. The molecule has 0 atom stereocenters. The van der Waals surface area contributed by atoms with Crippen molar-refractivity contribution in [3.05, 3.63) is 41.7 Å². The van der Waals surface area contributed by atoms with Crippen molar-refractivity contribution in [2.45, 2.75) is 25.2 Å². The highest BCUT2D eigenvalue weighted by Gasteiger charge is 2.17. The molecule has 2 aromatic rings. The van der Waals surface area contributed by atoms with E-state index in [0.29, 0.717) is 11.4 Å². The van der Waals surface area contributed by atoms with Crippen molar-refractivity contribution >= 4 is 27.3 Å². The number of hydrogen-bond donors (Lipinski definition) is 2. The van der Waals surface area contributed by atoms with E-state index in [1.165, 1.54) is 12.1 Å². The molecule has 0 bridgehead atoms. The summed E-state index contributed by atoms with van der Waals surface area (Å²) < 4.78 is 25.9. The highest BCUT2D eigenvalue weighted by atomic mass is 32.2. The molecule has 1 heterocycles. The van der Waals surface area contributed by atoms with Gasteiger partial charge >= 0.3 is 0 Å². The maximum atomic E-state index is 12.1. The van der Waals surface area contributed by atoms with Crippen LogP contribution in [0.4, 0.5) is 5.69 Å². The second kappa shape index (κ2) is 8.13. The number of rotatable bonds is 7. The Morgan fingerprint density at radius 2 is 1.77 bits per heavy atom. The molecule has 2 rings (SSSR count). The van der Waals surface area contributed by atoms with Gasteiger partial charge in [0.2, 0.25) is 11.8 Å². The first-order valence-electron chi connectivity index (χ1n) is 8.05. The van der Waals surface area contributed by atoms with E-state index in [2.05, 4.69) is 15.7 Å². The zero-order chi connectivity index (χ0) is 19.3. The summed E-state index contributed by atoms with van der Waals surface area (Å²) >= 11 is 0. The third kappa shape index (κ3) is 4.92. The fourth-order valence-corrected chi connectivity index (χ4v) is 3.64. The molecule has 0 aliphatic carbocycles. The third-order valence-electron chi connectivity index (χ3n) is 3.92. The Labute approximate surface area is 152 Å². The molecular formula is C17H22N4O4S. The lowest BCUT2D eigenvalue weighted by atomic mass is 10.3. The number of anilines is 1. The summed E-state index contributed by atoms with van der Waals surface area (Å²) in [5.41, 5.74) is 2.09. The van der Waals surface area contributed by atoms with Crippen LogP contribution in [0.25, 0.3) is 0 Å². The number of benzene rings is 1. The molecule has 1 aromatic carbocycles. The maximum absolute atomic E-state index is 12.1. The van der Waals surface area contributed by atoms with Gasteiger partial charge < -0.3 is 10.6 Å². The number of aryl methyl sites for hydroxylation is 2. The molecule has 9 heteroatoms. The van der Waals surface area contributed by atoms with E-state index in [9.17, 15) is 18.0 Å². The maximum Gasteiger partial charge on any atom is 0.243 e. The van der Waals surface area contributed by atoms with Crippen LogP contribution in [-0.2, 0) is 26.5 Å². The fraction of sp³-hybridized carbons (Fsp3) is 0.353. The molecule has 140 valence electrons. The molecule has 2 N–H and O–H groups in total. The zero-order valence-electron chi connectivity index (χ0n) is 14.9. The monoisotopic (exact) mass is 378 g/mol. The molecule has 2 amide bonds. The Hall–Kier alpha value is -2.68. The van der Waals surface area contributed by atoms with Crippen LogP contribution in [0.5, 0.6) is 0 Å². The van der Waals surface area contributed by atoms with Crippen LogP contribution in [0.15, 0.2) is 35.2 Å². The number of hydrogen-bond acceptors (Lipinski definition) is 5. The summed E-state index contributed by atoms with van der Waals surface area (Å²) in [4.78, 5) is 24.0. The average molecular weight is 378 g/mol. The Morgan fingerprint density at radius 3 is 2.35 bits per heavy atom. The summed E-state index contributed by atoms with van der Waals surface area (Å²) in [6.45, 7) is 3.36. The molecule has 0 spiro atoms. The minimum absolute atomic E-state index is 0.174. The number of nitrogens with one attached hydrogen (secondary N) is 2. The lowest BCUT2D eigenvalue weighted by Crippen LogP contribution is -2.33. The van der Waals surface area contributed by atoms with Gasteiger partial charge in [-0.2, -0.15) is 5.10 Å². The Morgan fingerprint density at radius 1 is 1.12 bits per heavy atom. The Kier molecular flexibility index (Phi) is 6.14. The van der Waals surface area contributed by atoms with Crippen molar-refractivity contribution in [2.75, 3.05) is 17.6 Å². The van der Waals surface area contributed by atoms with Gasteiger partial charge in [-0.25, -0.2) is 8.42 Å². The lowest BCUT2D eigenvalue weighted by Gasteiger charge is -2.08. The molecule has 1 aromatic heterocycles. The van der Waals surface area contributed by atoms with Crippen molar-refractivity contribution in [3.63, 3.8) is 0 Å². The highest BCUT2D eigenvalue weighted by Crippen LogP contribution is 2.17. The van der Waals surface area contributed by atoms with E-state index in [4.69, 9.17) is 0 Å². The average Bonchev–Trinajstić information content (AvgIpc) is 2.85. The number of amides is 2. The van der Waals surface area contributed by atoms with E-state index in [-0.39, 0.29) is 23.6 Å². The molecule has 26 heavy (non-hydrogen) atoms. The molecule has 0 saturated carbocycles. The van der Waals surface area contributed by atoms with Gasteiger partial charge in [-0.1, -0.05) is 18.2 Å². The Balaban J connectivity index is 1.82. The van der Waals surface area contributed by atoms with Gasteiger partial charge in [0, 0.05) is 13.5 Å². The van der Waals surface area contributed by atoms with Crippen LogP contribution < -0.4 is 10.6 Å². The normalized spacial score (nSPS) is 11.2. The van der Waals surface area contributed by atoms with Crippen LogP contribution in [0.3, 0.4) is 0 Å². The quantitative estimate of drug-likeness (QED) is 0.745. The molecule has 0 saturated heterocycles. The van der Waals surface area contributed by atoms with Crippen LogP contribution in [-0.4, -0.2) is 42.3 Å². The topological polar surface area (TPSA) is 110 Å². The van der Waals surface area contributed by atoms with Crippen molar-refractivity contribution in [2.24, 2.45) is 7.05 Å². The van der Waals surface area contributed by atoms with Gasteiger partial charge in [0.25, 0.3) is 0 Å². The first-order valence-corrected chi connectivity index (χ1v) is 9.70. The molecule has 8 nitrogen and oxygen atoms in total.